The number of aliphatic imine (C=N–C) groups is 1. The topological polar surface area (TPSA) is 89.5 Å². The third kappa shape index (κ3) is 6.46. The van der Waals surface area contributed by atoms with E-state index in [1.165, 1.54) is 0 Å². The van der Waals surface area contributed by atoms with E-state index in [1.807, 2.05) is 47.3 Å². The molecule has 0 saturated carbocycles. The smallest absolute Gasteiger partial charge is 0.191 e. The van der Waals surface area contributed by atoms with Gasteiger partial charge in [0.05, 0.1) is 26.1 Å². The third-order valence-corrected chi connectivity index (χ3v) is 4.15. The lowest BCUT2D eigenvalue weighted by molar-refractivity contribution is 0.414. The molecule has 0 bridgehead atoms. The fourth-order valence-electron chi connectivity index (χ4n) is 2.63. The van der Waals surface area contributed by atoms with Crippen LogP contribution in [0.1, 0.15) is 17.7 Å². The molecule has 0 aliphatic heterocycles. The first-order chi connectivity index (χ1) is 13.8. The Bertz CT molecular complexity index is 813. The lowest BCUT2D eigenvalue weighted by Gasteiger charge is -2.12. The van der Waals surface area contributed by atoms with Crippen LogP contribution < -0.4 is 15.4 Å². The highest BCUT2D eigenvalue weighted by molar-refractivity contribution is 5.79. The molecular formula is C20H26N6O2. The summed E-state index contributed by atoms with van der Waals surface area (Å²) in [5, 5.41) is 14.5. The molecule has 2 aromatic heterocycles. The molecule has 2 N–H and O–H groups in total. The zero-order chi connectivity index (χ0) is 19.4. The Morgan fingerprint density at radius 2 is 2.04 bits per heavy atom. The van der Waals surface area contributed by atoms with Crippen molar-refractivity contribution in [3.63, 3.8) is 0 Å². The third-order valence-electron chi connectivity index (χ3n) is 4.15. The Morgan fingerprint density at radius 1 is 1.18 bits per heavy atom. The van der Waals surface area contributed by atoms with Gasteiger partial charge in [-0.15, -0.1) is 5.10 Å². The second-order valence-electron chi connectivity index (χ2n) is 6.22. The van der Waals surface area contributed by atoms with E-state index < -0.39 is 0 Å². The number of guanidine groups is 1. The summed E-state index contributed by atoms with van der Waals surface area (Å²) in [7, 11) is 1.66. The summed E-state index contributed by atoms with van der Waals surface area (Å²) >= 11 is 0. The van der Waals surface area contributed by atoms with Gasteiger partial charge in [0.1, 0.15) is 11.5 Å². The van der Waals surface area contributed by atoms with Gasteiger partial charge < -0.3 is 19.8 Å². The van der Waals surface area contributed by atoms with Crippen molar-refractivity contribution in [1.82, 2.24) is 25.6 Å². The number of methoxy groups -OCH3 is 1. The predicted octanol–water partition coefficient (Wildman–Crippen LogP) is 2.25. The van der Waals surface area contributed by atoms with Gasteiger partial charge in [0, 0.05) is 32.3 Å². The quantitative estimate of drug-likeness (QED) is 0.318. The van der Waals surface area contributed by atoms with E-state index in [1.54, 1.807) is 19.6 Å². The number of furan rings is 1. The van der Waals surface area contributed by atoms with E-state index in [9.17, 15) is 0 Å². The molecule has 148 valence electrons. The molecule has 8 nitrogen and oxygen atoms in total. The molecule has 28 heavy (non-hydrogen) atoms. The minimum atomic E-state index is 0.586. The maximum absolute atomic E-state index is 5.38. The number of hydrogen-bond acceptors (Lipinski definition) is 5. The molecule has 0 aliphatic rings. The SMILES string of the molecule is COc1ccc(CN=C(NCCCn2ccnn2)NCCc2ccco2)cc1. The average Bonchev–Trinajstić information content (AvgIpc) is 3.43. The standard InChI is InChI=1S/C20H26N6O2/c1-27-18-7-5-17(6-8-18)16-23-20(22-11-9-19-4-2-15-28-19)21-10-3-13-26-14-12-24-25-26/h2,4-8,12,14-15H,3,9-11,13,16H2,1H3,(H2,21,22,23). The van der Waals surface area contributed by atoms with Crippen molar-refractivity contribution in [1.29, 1.82) is 0 Å². The number of nitrogens with one attached hydrogen (secondary N) is 2. The van der Waals surface area contributed by atoms with E-state index >= 15 is 0 Å². The first kappa shape index (κ1) is 19.5. The van der Waals surface area contributed by atoms with Crippen LogP contribution in [-0.4, -0.2) is 41.2 Å². The highest BCUT2D eigenvalue weighted by atomic mass is 16.5. The van der Waals surface area contributed by atoms with Gasteiger partial charge in [-0.3, -0.25) is 4.68 Å². The average molecular weight is 382 g/mol. The summed E-state index contributed by atoms with van der Waals surface area (Å²) in [4.78, 5) is 4.69. The van der Waals surface area contributed by atoms with E-state index in [0.717, 1.165) is 55.5 Å². The maximum Gasteiger partial charge on any atom is 0.191 e. The van der Waals surface area contributed by atoms with Crippen molar-refractivity contribution in [3.8, 4) is 5.75 Å². The highest BCUT2D eigenvalue weighted by Crippen LogP contribution is 2.11. The van der Waals surface area contributed by atoms with Gasteiger partial charge >= 0.3 is 0 Å². The van der Waals surface area contributed by atoms with Gasteiger partial charge in [0.15, 0.2) is 5.96 Å². The number of hydrogen-bond donors (Lipinski definition) is 2. The Kier molecular flexibility index (Phi) is 7.48. The van der Waals surface area contributed by atoms with Crippen LogP contribution in [0.25, 0.3) is 0 Å². The van der Waals surface area contributed by atoms with Crippen molar-refractivity contribution >= 4 is 5.96 Å². The lowest BCUT2D eigenvalue weighted by atomic mass is 10.2. The van der Waals surface area contributed by atoms with Crippen LogP contribution in [0.3, 0.4) is 0 Å². The van der Waals surface area contributed by atoms with Crippen LogP contribution in [0.2, 0.25) is 0 Å². The van der Waals surface area contributed by atoms with Crippen molar-refractivity contribution < 1.29 is 9.15 Å². The van der Waals surface area contributed by atoms with Gasteiger partial charge in [0.25, 0.3) is 0 Å². The number of nitrogens with zero attached hydrogens (tertiary/aromatic N) is 4. The molecule has 3 rings (SSSR count). The summed E-state index contributed by atoms with van der Waals surface area (Å²) in [6, 6.07) is 11.8. The van der Waals surface area contributed by atoms with E-state index in [2.05, 4.69) is 20.9 Å². The molecule has 3 aromatic rings. The molecule has 0 aliphatic carbocycles. The van der Waals surface area contributed by atoms with Gasteiger partial charge in [-0.2, -0.15) is 0 Å². The van der Waals surface area contributed by atoms with Crippen molar-refractivity contribution in [3.05, 3.63) is 66.4 Å². The molecule has 2 heterocycles. The largest absolute Gasteiger partial charge is 0.497 e. The zero-order valence-electron chi connectivity index (χ0n) is 16.0. The normalized spacial score (nSPS) is 11.4. The second-order valence-corrected chi connectivity index (χ2v) is 6.22. The fourth-order valence-corrected chi connectivity index (χ4v) is 2.63. The summed E-state index contributed by atoms with van der Waals surface area (Å²) in [6.45, 7) is 2.93. The number of ether oxygens (including phenoxy) is 1. The molecular weight excluding hydrogens is 356 g/mol. The molecule has 0 saturated heterocycles. The van der Waals surface area contributed by atoms with Gasteiger partial charge in [-0.05, 0) is 36.2 Å². The van der Waals surface area contributed by atoms with Crippen LogP contribution in [-0.2, 0) is 19.5 Å². The van der Waals surface area contributed by atoms with Crippen LogP contribution in [0.15, 0.2) is 64.5 Å². The summed E-state index contributed by atoms with van der Waals surface area (Å²) in [5.74, 6) is 2.57. The Labute approximate surface area is 164 Å². The van der Waals surface area contributed by atoms with Gasteiger partial charge in [0.2, 0.25) is 0 Å². The second kappa shape index (κ2) is 10.8. The molecule has 0 atom stereocenters. The molecule has 0 spiro atoms. The number of benzene rings is 1. The van der Waals surface area contributed by atoms with Gasteiger partial charge in [-0.25, -0.2) is 4.99 Å². The minimum Gasteiger partial charge on any atom is -0.497 e. The number of aryl methyl sites for hydroxylation is 1. The van der Waals surface area contributed by atoms with Gasteiger partial charge in [-0.1, -0.05) is 17.3 Å². The minimum absolute atomic E-state index is 0.586. The first-order valence-corrected chi connectivity index (χ1v) is 9.35. The molecule has 0 unspecified atom stereocenters. The van der Waals surface area contributed by atoms with Crippen LogP contribution in [0, 0.1) is 0 Å². The first-order valence-electron chi connectivity index (χ1n) is 9.35. The Balaban J connectivity index is 1.50. The van der Waals surface area contributed by atoms with E-state index in [-0.39, 0.29) is 0 Å². The number of aromatic nitrogens is 3. The molecule has 1 aromatic carbocycles. The van der Waals surface area contributed by atoms with Crippen LogP contribution >= 0.6 is 0 Å². The predicted molar refractivity (Wildman–Crippen MR) is 107 cm³/mol. The van der Waals surface area contributed by atoms with E-state index in [4.69, 9.17) is 14.1 Å². The molecule has 8 heteroatoms. The summed E-state index contributed by atoms with van der Waals surface area (Å²) < 4.78 is 12.4. The molecule has 0 radical (unpaired) electrons. The summed E-state index contributed by atoms with van der Waals surface area (Å²) in [5.41, 5.74) is 1.12. The fraction of sp³-hybridized carbons (Fsp3) is 0.350. The van der Waals surface area contributed by atoms with Crippen LogP contribution in [0.4, 0.5) is 0 Å². The maximum atomic E-state index is 5.38. The van der Waals surface area contributed by atoms with E-state index in [0.29, 0.717) is 6.54 Å². The monoisotopic (exact) mass is 382 g/mol. The Hall–Kier alpha value is -3.29. The number of rotatable bonds is 10. The molecule has 0 amide bonds. The zero-order valence-corrected chi connectivity index (χ0v) is 16.0. The highest BCUT2D eigenvalue weighted by Gasteiger charge is 2.02. The van der Waals surface area contributed by atoms with Crippen LogP contribution in [0.5, 0.6) is 5.75 Å². The van der Waals surface area contributed by atoms with Crippen molar-refractivity contribution in [2.24, 2.45) is 4.99 Å². The lowest BCUT2D eigenvalue weighted by Crippen LogP contribution is -2.39. The molecule has 0 fully saturated rings. The van der Waals surface area contributed by atoms with Crippen molar-refractivity contribution in [2.45, 2.75) is 25.9 Å². The summed E-state index contributed by atoms with van der Waals surface area (Å²) in [6.07, 6.45) is 6.96. The Morgan fingerprint density at radius 3 is 2.75 bits per heavy atom. The van der Waals surface area contributed by atoms with Crippen molar-refractivity contribution in [2.75, 3.05) is 20.2 Å².